The van der Waals surface area contributed by atoms with Crippen molar-refractivity contribution in [2.75, 3.05) is 0 Å². The Morgan fingerprint density at radius 3 is 2.57 bits per heavy atom. The third kappa shape index (κ3) is 4.12. The quantitative estimate of drug-likeness (QED) is 0.300. The number of aryl methyl sites for hydroxylation is 1. The van der Waals surface area contributed by atoms with Gasteiger partial charge in [0.05, 0.1) is 11.1 Å². The van der Waals surface area contributed by atoms with Gasteiger partial charge in [0.2, 0.25) is 0 Å². The van der Waals surface area contributed by atoms with E-state index in [4.69, 9.17) is 4.18 Å². The molecule has 0 saturated carbocycles. The minimum atomic E-state index is -4.10. The SMILES string of the molecule is Cc1ccc(S(=O)(=O)Oc2ccc(Br)cc2C(=O)Cn2nnc3ccccc32)cc1. The van der Waals surface area contributed by atoms with Crippen LogP contribution in [0.4, 0.5) is 0 Å². The number of carbonyl (C=O) groups is 1. The van der Waals surface area contributed by atoms with Crippen molar-refractivity contribution in [2.45, 2.75) is 18.4 Å². The second kappa shape index (κ2) is 8.00. The van der Waals surface area contributed by atoms with Crippen LogP contribution >= 0.6 is 15.9 Å². The van der Waals surface area contributed by atoms with Crippen molar-refractivity contribution in [3.05, 3.63) is 82.3 Å². The smallest absolute Gasteiger partial charge is 0.339 e. The first-order valence-electron chi connectivity index (χ1n) is 8.96. The highest BCUT2D eigenvalue weighted by atomic mass is 79.9. The normalized spacial score (nSPS) is 11.5. The number of carbonyl (C=O) groups excluding carboxylic acids is 1. The van der Waals surface area contributed by atoms with Crippen LogP contribution in [0.3, 0.4) is 0 Å². The Bertz CT molecular complexity index is 1350. The molecular weight excluding hydrogens is 470 g/mol. The van der Waals surface area contributed by atoms with Gasteiger partial charge in [0, 0.05) is 4.47 Å². The number of benzene rings is 3. The fourth-order valence-electron chi connectivity index (χ4n) is 2.92. The number of hydrogen-bond donors (Lipinski definition) is 0. The molecule has 4 rings (SSSR count). The van der Waals surface area contributed by atoms with E-state index in [1.165, 1.54) is 28.9 Å². The number of ketones is 1. The molecule has 0 bridgehead atoms. The van der Waals surface area contributed by atoms with Crippen LogP contribution in [0.15, 0.2) is 76.1 Å². The van der Waals surface area contributed by atoms with Crippen molar-refractivity contribution in [3.63, 3.8) is 0 Å². The number of fused-ring (bicyclic) bond motifs is 1. The molecule has 0 aliphatic rings. The molecule has 0 aliphatic heterocycles. The Morgan fingerprint density at radius 2 is 1.80 bits per heavy atom. The summed E-state index contributed by atoms with van der Waals surface area (Å²) in [6.07, 6.45) is 0. The summed E-state index contributed by atoms with van der Waals surface area (Å²) >= 11 is 3.32. The van der Waals surface area contributed by atoms with Gasteiger partial charge in [0.25, 0.3) is 0 Å². The lowest BCUT2D eigenvalue weighted by Gasteiger charge is -2.12. The van der Waals surface area contributed by atoms with Gasteiger partial charge in [0.15, 0.2) is 11.5 Å². The van der Waals surface area contributed by atoms with Gasteiger partial charge in [-0.2, -0.15) is 8.42 Å². The fourth-order valence-corrected chi connectivity index (χ4v) is 4.23. The van der Waals surface area contributed by atoms with Gasteiger partial charge in [0.1, 0.15) is 17.0 Å². The summed E-state index contributed by atoms with van der Waals surface area (Å²) in [6.45, 7) is 1.74. The summed E-state index contributed by atoms with van der Waals surface area (Å²) in [6, 6.07) is 18.1. The predicted molar refractivity (Wildman–Crippen MR) is 115 cm³/mol. The summed E-state index contributed by atoms with van der Waals surface area (Å²) in [5.74, 6) is -0.408. The Labute approximate surface area is 181 Å². The van der Waals surface area contributed by atoms with E-state index in [-0.39, 0.29) is 28.5 Å². The van der Waals surface area contributed by atoms with Crippen LogP contribution in [0.2, 0.25) is 0 Å². The molecule has 0 amide bonds. The third-order valence-corrected chi connectivity index (χ3v) is 6.21. The maximum atomic E-state index is 13.0. The van der Waals surface area contributed by atoms with Gasteiger partial charge in [-0.15, -0.1) is 5.10 Å². The number of para-hydroxylation sites is 1. The van der Waals surface area contributed by atoms with Crippen LogP contribution in [0.25, 0.3) is 11.0 Å². The van der Waals surface area contributed by atoms with Crippen LogP contribution in [-0.2, 0) is 16.7 Å². The van der Waals surface area contributed by atoms with Gasteiger partial charge >= 0.3 is 10.1 Å². The molecule has 1 aromatic heterocycles. The second-order valence-electron chi connectivity index (χ2n) is 6.65. The molecule has 0 N–H and O–H groups in total. The first-order chi connectivity index (χ1) is 14.3. The van der Waals surface area contributed by atoms with E-state index in [2.05, 4.69) is 26.2 Å². The molecule has 0 saturated heterocycles. The van der Waals surface area contributed by atoms with Crippen molar-refractivity contribution >= 4 is 42.9 Å². The Balaban J connectivity index is 1.66. The molecule has 7 nitrogen and oxygen atoms in total. The standard InChI is InChI=1S/C21H16BrN3O4S/c1-14-6-9-16(10-7-14)30(27,28)29-21-11-8-15(22)12-17(21)20(26)13-25-19-5-3-2-4-18(19)23-24-25/h2-12H,13H2,1H3. The molecule has 0 unspecified atom stereocenters. The minimum absolute atomic E-state index is 0.0108. The number of nitrogens with zero attached hydrogens (tertiary/aromatic N) is 3. The minimum Gasteiger partial charge on any atom is -0.378 e. The van der Waals surface area contributed by atoms with E-state index >= 15 is 0 Å². The van der Waals surface area contributed by atoms with E-state index in [9.17, 15) is 13.2 Å². The molecule has 0 radical (unpaired) electrons. The number of aromatic nitrogens is 3. The van der Waals surface area contributed by atoms with E-state index in [1.54, 1.807) is 24.3 Å². The van der Waals surface area contributed by atoms with Gasteiger partial charge in [-0.1, -0.05) is 51.0 Å². The van der Waals surface area contributed by atoms with E-state index < -0.39 is 10.1 Å². The van der Waals surface area contributed by atoms with Crippen molar-refractivity contribution in [1.29, 1.82) is 0 Å². The predicted octanol–water partition coefficient (Wildman–Crippen LogP) is 4.15. The molecule has 152 valence electrons. The molecule has 0 fully saturated rings. The monoisotopic (exact) mass is 485 g/mol. The van der Waals surface area contributed by atoms with Crippen molar-refractivity contribution in [1.82, 2.24) is 15.0 Å². The summed E-state index contributed by atoms with van der Waals surface area (Å²) in [4.78, 5) is 13.0. The maximum Gasteiger partial charge on any atom is 0.339 e. The van der Waals surface area contributed by atoms with Gasteiger partial charge < -0.3 is 4.18 Å². The lowest BCUT2D eigenvalue weighted by Crippen LogP contribution is -2.16. The van der Waals surface area contributed by atoms with Crippen LogP contribution in [0, 0.1) is 6.92 Å². The summed E-state index contributed by atoms with van der Waals surface area (Å²) in [7, 11) is -4.10. The second-order valence-corrected chi connectivity index (χ2v) is 9.11. The highest BCUT2D eigenvalue weighted by Crippen LogP contribution is 2.27. The van der Waals surface area contributed by atoms with Gasteiger partial charge in [-0.25, -0.2) is 4.68 Å². The Hall–Kier alpha value is -3.04. The highest BCUT2D eigenvalue weighted by Gasteiger charge is 2.22. The lowest BCUT2D eigenvalue weighted by atomic mass is 10.1. The average molecular weight is 486 g/mol. The van der Waals surface area contributed by atoms with E-state index in [0.717, 1.165) is 5.56 Å². The van der Waals surface area contributed by atoms with Crippen molar-refractivity contribution in [3.8, 4) is 5.75 Å². The zero-order valence-electron chi connectivity index (χ0n) is 15.8. The van der Waals surface area contributed by atoms with Crippen molar-refractivity contribution in [2.24, 2.45) is 0 Å². The number of rotatable bonds is 6. The molecular formula is C21H16BrN3O4S. The van der Waals surface area contributed by atoms with Gasteiger partial charge in [-0.05, 0) is 49.4 Å². The number of Topliss-reactive ketones (excluding diaryl/α,β-unsaturated/α-hetero) is 1. The third-order valence-electron chi connectivity index (χ3n) is 4.46. The highest BCUT2D eigenvalue weighted by molar-refractivity contribution is 9.10. The summed E-state index contributed by atoms with van der Waals surface area (Å²) in [5, 5.41) is 8.05. The van der Waals surface area contributed by atoms with E-state index in [1.807, 2.05) is 25.1 Å². The summed E-state index contributed by atoms with van der Waals surface area (Å²) < 4.78 is 32.8. The van der Waals surface area contributed by atoms with Crippen LogP contribution in [0.1, 0.15) is 15.9 Å². The summed E-state index contributed by atoms with van der Waals surface area (Å²) in [5.41, 5.74) is 2.42. The van der Waals surface area contributed by atoms with Gasteiger partial charge in [-0.3, -0.25) is 4.79 Å². The molecule has 30 heavy (non-hydrogen) atoms. The average Bonchev–Trinajstić information content (AvgIpc) is 3.12. The molecule has 0 atom stereocenters. The molecule has 9 heteroatoms. The zero-order chi connectivity index (χ0) is 21.3. The fraction of sp³-hybridized carbons (Fsp3) is 0.0952. The number of hydrogen-bond acceptors (Lipinski definition) is 6. The lowest BCUT2D eigenvalue weighted by molar-refractivity contribution is 0.0967. The maximum absolute atomic E-state index is 13.0. The Morgan fingerprint density at radius 1 is 1.07 bits per heavy atom. The van der Waals surface area contributed by atoms with E-state index in [0.29, 0.717) is 15.5 Å². The van der Waals surface area contributed by atoms with Crippen LogP contribution in [0.5, 0.6) is 5.75 Å². The topological polar surface area (TPSA) is 91.2 Å². The first-order valence-corrected chi connectivity index (χ1v) is 11.2. The van der Waals surface area contributed by atoms with Crippen molar-refractivity contribution < 1.29 is 17.4 Å². The largest absolute Gasteiger partial charge is 0.378 e. The molecule has 4 aromatic rings. The van der Waals surface area contributed by atoms with Crippen LogP contribution < -0.4 is 4.18 Å². The zero-order valence-corrected chi connectivity index (χ0v) is 18.2. The first kappa shape index (κ1) is 20.2. The molecule has 0 spiro atoms. The number of halogens is 1. The molecule has 0 aliphatic carbocycles. The molecule has 1 heterocycles. The van der Waals surface area contributed by atoms with Crippen LogP contribution in [-0.4, -0.2) is 29.2 Å². The molecule has 3 aromatic carbocycles. The Kier molecular flexibility index (Phi) is 5.40.